The van der Waals surface area contributed by atoms with Gasteiger partial charge in [-0.15, -0.1) is 0 Å². The fourth-order valence-corrected chi connectivity index (χ4v) is 10.3. The van der Waals surface area contributed by atoms with Crippen LogP contribution in [0.25, 0.3) is 16.6 Å². The molecule has 19 heteroatoms. The molecule has 0 bridgehead atoms. The molecule has 1 aromatic carbocycles. The van der Waals surface area contributed by atoms with Crippen LogP contribution in [0.5, 0.6) is 0 Å². The van der Waals surface area contributed by atoms with Crippen LogP contribution >= 0.6 is 0 Å². The maximum atomic E-state index is 15.5. The molecule has 2 saturated carbocycles. The lowest BCUT2D eigenvalue weighted by atomic mass is 9.85. The summed E-state index contributed by atoms with van der Waals surface area (Å²) in [5, 5.41) is 19.1. The smallest absolute Gasteiger partial charge is 0.284 e. The van der Waals surface area contributed by atoms with Gasteiger partial charge in [0.2, 0.25) is 11.8 Å². The first kappa shape index (κ1) is 44.0. The van der Waals surface area contributed by atoms with Crippen LogP contribution in [0.1, 0.15) is 103 Å². The third-order valence-electron chi connectivity index (χ3n) is 14.1. The molecule has 1 unspecified atom stereocenters. The summed E-state index contributed by atoms with van der Waals surface area (Å²) in [6, 6.07) is 7.41. The molecule has 0 spiro atoms. The minimum absolute atomic E-state index is 0.0316. The lowest BCUT2D eigenvalue weighted by Crippen LogP contribution is -2.47. The van der Waals surface area contributed by atoms with Gasteiger partial charge >= 0.3 is 0 Å². The summed E-state index contributed by atoms with van der Waals surface area (Å²) in [4.78, 5) is 49.5. The number of ether oxygens (including phenoxy) is 1. The van der Waals surface area contributed by atoms with Crippen LogP contribution in [0.2, 0.25) is 0 Å². The fraction of sp³-hybridized carbons (Fsp3) is 0.553. The van der Waals surface area contributed by atoms with Crippen LogP contribution < -0.4 is 15.5 Å². The van der Waals surface area contributed by atoms with Gasteiger partial charge in [0.05, 0.1) is 46.7 Å². The van der Waals surface area contributed by atoms with Crippen LogP contribution in [-0.2, 0) is 21.4 Å². The molecule has 5 aliphatic rings. The average molecular weight is 909 g/mol. The first-order chi connectivity index (χ1) is 32.0. The van der Waals surface area contributed by atoms with Crippen molar-refractivity contribution in [2.45, 2.75) is 88.4 Å². The van der Waals surface area contributed by atoms with Crippen LogP contribution in [0.15, 0.2) is 42.9 Å². The number of benzene rings is 1. The SMILES string of the molecule is Cn1nc(C2CCC(=O)NC2=O)c2cccc(C#CCO[C@H]3CCN(CC4CCC(n5cc(NC(=O)c6cnn7ccc(N8CCN(CC9CC9)CC8)nc67)c(C(F)F)n5)CC4)C[C@H]3F)c21. The number of alkyl halides is 3. The number of rotatable bonds is 12. The highest BCUT2D eigenvalue weighted by Gasteiger charge is 2.35. The number of aromatic nitrogens is 7. The van der Waals surface area contributed by atoms with E-state index in [1.54, 1.807) is 22.6 Å². The van der Waals surface area contributed by atoms with Crippen molar-refractivity contribution in [3.63, 3.8) is 0 Å². The van der Waals surface area contributed by atoms with E-state index in [0.717, 1.165) is 87.6 Å². The average Bonchev–Trinajstić information content (AvgIpc) is 3.69. The Morgan fingerprint density at radius 2 is 1.73 bits per heavy atom. The second-order valence-corrected chi connectivity index (χ2v) is 18.6. The number of carbonyl (C=O) groups is 3. The standard InChI is InChI=1S/C47H55F3N12O4/c1-57-43-31(4-2-6-33(43)41(55-57)34-13-14-40(63)54-46(34)64)5-3-23-66-38-15-17-59(27-36(38)48)26-30-9-11-32(12-10-30)62-28-37(42(56-62)44(49)50)52-47(65)35-24-51-61-18-16-39(53-45(35)61)60-21-19-58(20-22-60)25-29-7-8-29/h2,4,6,16,18,24,28-30,32,34,36,38,44H,7-15,17,19-23,25-27H2,1H3,(H,52,65)(H,54,63,64)/t30?,32?,34?,36-,38+/m1/s1. The highest BCUT2D eigenvalue weighted by Crippen LogP contribution is 2.37. The number of hydrogen-bond donors (Lipinski definition) is 2. The van der Waals surface area contributed by atoms with Gasteiger partial charge in [-0.05, 0) is 75.3 Å². The van der Waals surface area contributed by atoms with E-state index in [-0.39, 0.29) is 48.7 Å². The van der Waals surface area contributed by atoms with Gasteiger partial charge in [-0.25, -0.2) is 22.7 Å². The third-order valence-corrected chi connectivity index (χ3v) is 14.1. The minimum atomic E-state index is -2.89. The Kier molecular flexibility index (Phi) is 12.5. The summed E-state index contributed by atoms with van der Waals surface area (Å²) < 4.78 is 54.9. The summed E-state index contributed by atoms with van der Waals surface area (Å²) in [6.07, 6.45) is 7.03. The monoisotopic (exact) mass is 908 g/mol. The number of carbonyl (C=O) groups excluding carboxylic acids is 3. The van der Waals surface area contributed by atoms with Gasteiger partial charge in [-0.2, -0.15) is 15.3 Å². The Morgan fingerprint density at radius 1 is 0.955 bits per heavy atom. The van der Waals surface area contributed by atoms with Crippen LogP contribution in [0, 0.1) is 23.7 Å². The molecule has 66 heavy (non-hydrogen) atoms. The number of aryl methyl sites for hydroxylation is 1. The van der Waals surface area contributed by atoms with Gasteiger partial charge in [0.15, 0.2) is 11.3 Å². The number of halogens is 3. The number of nitrogens with zero attached hydrogens (tertiary/aromatic N) is 10. The number of piperazine rings is 1. The van der Waals surface area contributed by atoms with Gasteiger partial charge in [0.1, 0.15) is 24.2 Å². The Hall–Kier alpha value is -5.84. The zero-order valence-corrected chi connectivity index (χ0v) is 37.0. The maximum Gasteiger partial charge on any atom is 0.284 e. The Morgan fingerprint density at radius 3 is 2.47 bits per heavy atom. The van der Waals surface area contributed by atoms with Crippen molar-refractivity contribution in [1.82, 2.24) is 49.3 Å². The molecule has 7 heterocycles. The number of amides is 3. The van der Waals surface area contributed by atoms with Gasteiger partial charge in [-0.1, -0.05) is 24.0 Å². The van der Waals surface area contributed by atoms with E-state index in [9.17, 15) is 23.2 Å². The zero-order chi connectivity index (χ0) is 45.5. The van der Waals surface area contributed by atoms with E-state index in [4.69, 9.17) is 9.72 Å². The molecule has 10 rings (SSSR count). The molecule has 348 valence electrons. The summed E-state index contributed by atoms with van der Waals surface area (Å²) in [5.41, 5.74) is 2.15. The van der Waals surface area contributed by atoms with E-state index in [0.29, 0.717) is 42.2 Å². The third kappa shape index (κ3) is 9.40. The molecule has 16 nitrogen and oxygen atoms in total. The maximum absolute atomic E-state index is 15.5. The second kappa shape index (κ2) is 18.8. The highest BCUT2D eigenvalue weighted by molar-refractivity contribution is 6.08. The summed E-state index contributed by atoms with van der Waals surface area (Å²) in [5.74, 6) is 6.39. The lowest BCUT2D eigenvalue weighted by molar-refractivity contribution is -0.134. The molecule has 4 aromatic heterocycles. The van der Waals surface area contributed by atoms with Crippen molar-refractivity contribution in [3.8, 4) is 11.8 Å². The molecule has 5 fully saturated rings. The normalized spacial score (nSPS) is 24.5. The molecular weight excluding hydrogens is 854 g/mol. The Balaban J connectivity index is 0.697. The van der Waals surface area contributed by atoms with E-state index < -0.39 is 36.2 Å². The van der Waals surface area contributed by atoms with Gasteiger partial charge < -0.3 is 15.0 Å². The van der Waals surface area contributed by atoms with Crippen molar-refractivity contribution in [3.05, 3.63) is 65.4 Å². The molecule has 5 aromatic rings. The number of piperidine rings is 2. The first-order valence-electron chi connectivity index (χ1n) is 23.3. The van der Waals surface area contributed by atoms with Crippen molar-refractivity contribution in [2.24, 2.45) is 18.9 Å². The van der Waals surface area contributed by atoms with Crippen molar-refractivity contribution in [2.75, 3.05) is 69.2 Å². The predicted molar refractivity (Wildman–Crippen MR) is 239 cm³/mol. The first-order valence-corrected chi connectivity index (χ1v) is 23.3. The fourth-order valence-electron chi connectivity index (χ4n) is 10.3. The van der Waals surface area contributed by atoms with Crippen LogP contribution in [0.4, 0.5) is 24.7 Å². The van der Waals surface area contributed by atoms with Crippen molar-refractivity contribution >= 4 is 45.8 Å². The quantitative estimate of drug-likeness (QED) is 0.124. The van der Waals surface area contributed by atoms with E-state index >= 15 is 4.39 Å². The molecule has 0 radical (unpaired) electrons. The Bertz CT molecular complexity index is 2670. The zero-order valence-electron chi connectivity index (χ0n) is 37.0. The summed E-state index contributed by atoms with van der Waals surface area (Å²) in [7, 11) is 1.80. The highest BCUT2D eigenvalue weighted by atomic mass is 19.3. The summed E-state index contributed by atoms with van der Waals surface area (Å²) in [6.45, 7) is 6.49. The Labute approximate surface area is 380 Å². The van der Waals surface area contributed by atoms with E-state index in [1.165, 1.54) is 29.8 Å². The van der Waals surface area contributed by atoms with Crippen molar-refractivity contribution in [1.29, 1.82) is 0 Å². The number of fused-ring (bicyclic) bond motifs is 2. The molecule has 3 atom stereocenters. The predicted octanol–water partition coefficient (Wildman–Crippen LogP) is 5.27. The van der Waals surface area contributed by atoms with Gasteiger partial charge in [0, 0.05) is 83.6 Å². The van der Waals surface area contributed by atoms with Crippen molar-refractivity contribution < 1.29 is 32.3 Å². The second-order valence-electron chi connectivity index (χ2n) is 18.6. The number of hydrogen-bond acceptors (Lipinski definition) is 11. The van der Waals surface area contributed by atoms with Gasteiger partial charge in [-0.3, -0.25) is 38.9 Å². The number of imide groups is 1. The molecule has 3 saturated heterocycles. The molecule has 2 aliphatic carbocycles. The number of likely N-dealkylation sites (tertiary alicyclic amines) is 1. The number of anilines is 2. The molecular formula is C47H55F3N12O4. The molecule has 3 amide bonds. The largest absolute Gasteiger partial charge is 0.362 e. The van der Waals surface area contributed by atoms with E-state index in [1.807, 2.05) is 24.3 Å². The molecule has 2 N–H and O–H groups in total. The van der Waals surface area contributed by atoms with Crippen LogP contribution in [-0.4, -0.2) is 133 Å². The van der Waals surface area contributed by atoms with Gasteiger partial charge in [0.25, 0.3) is 12.3 Å². The number of para-hydroxylation sites is 1. The van der Waals surface area contributed by atoms with Crippen LogP contribution in [0.3, 0.4) is 0 Å². The van der Waals surface area contributed by atoms with E-state index in [2.05, 4.69) is 52.5 Å². The molecule has 3 aliphatic heterocycles. The minimum Gasteiger partial charge on any atom is -0.362 e. The topological polar surface area (TPSA) is 160 Å². The number of nitrogens with one attached hydrogen (secondary N) is 2. The lowest BCUT2D eigenvalue weighted by Gasteiger charge is -2.38. The summed E-state index contributed by atoms with van der Waals surface area (Å²) >= 11 is 0.